The van der Waals surface area contributed by atoms with Gasteiger partial charge in [-0.2, -0.15) is 25.5 Å². The van der Waals surface area contributed by atoms with Gasteiger partial charge >= 0.3 is 5.82 Å². The number of fused-ring (bicyclic) bond motifs is 2. The molecule has 2 aliphatic rings. The fourth-order valence-electron chi connectivity index (χ4n) is 5.57. The highest BCUT2D eigenvalue weighted by Gasteiger charge is 2.36. The lowest BCUT2D eigenvalue weighted by Crippen LogP contribution is -2.24. The molecule has 0 saturated carbocycles. The minimum absolute atomic E-state index is 0.000515. The quantitative estimate of drug-likeness (QED) is 0.229. The Kier molecular flexibility index (Phi) is 6.62. The van der Waals surface area contributed by atoms with E-state index in [-0.39, 0.29) is 79.1 Å². The number of benzene rings is 3. The summed E-state index contributed by atoms with van der Waals surface area (Å²) in [5, 5.41) is 29.7. The maximum absolute atomic E-state index is 14.6. The molecule has 5 rings (SSSR count). The van der Waals surface area contributed by atoms with E-state index >= 15 is 0 Å². The van der Waals surface area contributed by atoms with Crippen LogP contribution in [0.5, 0.6) is 0 Å². The summed E-state index contributed by atoms with van der Waals surface area (Å²) in [7, 11) is 0. The van der Waals surface area contributed by atoms with E-state index in [1.807, 2.05) is 6.07 Å². The van der Waals surface area contributed by atoms with Crippen molar-refractivity contribution in [2.24, 2.45) is 0 Å². The van der Waals surface area contributed by atoms with Crippen LogP contribution in [0.25, 0.3) is 48.1 Å². The van der Waals surface area contributed by atoms with Crippen LogP contribution in [0.2, 0.25) is 0 Å². The normalized spacial score (nSPS) is 12.7. The number of allylic oxidation sites excluding steroid dienone is 2. The largest absolute Gasteiger partial charge is 0.512 e. The van der Waals surface area contributed by atoms with Gasteiger partial charge in [-0.05, 0) is 69.3 Å². The van der Waals surface area contributed by atoms with Crippen molar-refractivity contribution in [3.05, 3.63) is 138 Å². The van der Waals surface area contributed by atoms with Gasteiger partial charge in [-0.3, -0.25) is 0 Å². The molecule has 0 N–H and O–H groups in total. The van der Waals surface area contributed by atoms with Crippen LogP contribution in [0, 0.1) is 77.0 Å². The first-order valence-electron chi connectivity index (χ1n) is 11.9. The van der Waals surface area contributed by atoms with E-state index in [9.17, 15) is 33.3 Å². The van der Waals surface area contributed by atoms with Crippen LogP contribution in [-0.4, -0.2) is 0 Å². The number of hydrogen-bond acceptors (Lipinski definition) is 3. The maximum Gasteiger partial charge on any atom is 0.512 e. The van der Waals surface area contributed by atoms with Crippen molar-refractivity contribution in [1.29, 1.82) is 15.8 Å². The lowest BCUT2D eigenvalue weighted by Gasteiger charge is -2.17. The molecule has 0 heterocycles. The summed E-state index contributed by atoms with van der Waals surface area (Å²) in [6.07, 6.45) is -0.511. The summed E-state index contributed by atoms with van der Waals surface area (Å²) in [5.41, 5.74) is -0.330. The summed E-state index contributed by atoms with van der Waals surface area (Å²) in [5.74, 6) is -4.28. The predicted molar refractivity (Wildman–Crippen MR) is 141 cm³/mol. The summed E-state index contributed by atoms with van der Waals surface area (Å²) in [6.45, 7) is 22.9. The molecule has 2 aliphatic carbocycles. The van der Waals surface area contributed by atoms with Crippen molar-refractivity contribution in [1.82, 2.24) is 0 Å². The van der Waals surface area contributed by atoms with E-state index in [2.05, 4.69) is 14.5 Å². The molecule has 0 spiro atoms. The van der Waals surface area contributed by atoms with Crippen LogP contribution in [0.15, 0.2) is 58.9 Å². The fraction of sp³-hybridized carbons (Fsp3) is 0.0625. The van der Waals surface area contributed by atoms with Crippen molar-refractivity contribution in [2.45, 2.75) is 12.8 Å². The average molecular weight is 554 g/mol. The van der Waals surface area contributed by atoms with Crippen molar-refractivity contribution in [3.8, 4) is 40.5 Å². The molecule has 0 fully saturated rings. The van der Waals surface area contributed by atoms with E-state index in [0.717, 1.165) is 24.3 Å². The van der Waals surface area contributed by atoms with E-state index in [1.165, 1.54) is 0 Å². The lowest BCUT2D eigenvalue weighted by atomic mass is 9.86. The Balaban J connectivity index is 2.19. The Morgan fingerprint density at radius 1 is 0.667 bits per heavy atom. The second-order valence-corrected chi connectivity index (χ2v) is 9.18. The van der Waals surface area contributed by atoms with Gasteiger partial charge in [0.2, 0.25) is 0 Å². The van der Waals surface area contributed by atoms with Gasteiger partial charge in [0, 0.05) is 29.3 Å². The van der Waals surface area contributed by atoms with Crippen molar-refractivity contribution >= 4 is 11.3 Å². The summed E-state index contributed by atoms with van der Waals surface area (Å²) >= 11 is 0. The molecule has 42 heavy (non-hydrogen) atoms. The van der Waals surface area contributed by atoms with Gasteiger partial charge in [-0.15, -0.1) is 0 Å². The molecule has 0 aliphatic heterocycles. The number of hydrogen-bond donors (Lipinski definition) is 0. The van der Waals surface area contributed by atoms with Crippen LogP contribution >= 0.6 is 0 Å². The molecule has 10 heteroatoms. The third-order valence-electron chi connectivity index (χ3n) is 7.02. The number of halogens is 4. The number of rotatable bonds is 2. The molecule has 196 valence electrons. The molecule has 6 nitrogen and oxygen atoms in total. The van der Waals surface area contributed by atoms with E-state index in [0.29, 0.717) is 12.1 Å². The Hall–Kier alpha value is -6.46. The van der Waals surface area contributed by atoms with E-state index in [4.69, 9.17) is 19.7 Å². The molecule has 3 aromatic rings. The van der Waals surface area contributed by atoms with Gasteiger partial charge in [-0.25, -0.2) is 22.4 Å². The van der Waals surface area contributed by atoms with Crippen molar-refractivity contribution < 1.29 is 17.6 Å². The fourth-order valence-corrected chi connectivity index (χ4v) is 5.57. The number of nitrogens with zero attached hydrogens (tertiary/aromatic N) is 6. The van der Waals surface area contributed by atoms with Crippen LogP contribution in [0.1, 0.15) is 11.1 Å². The Labute approximate surface area is 236 Å². The monoisotopic (exact) mass is 554 g/mol. The topological polar surface area (TPSA) is 84.5 Å². The minimum Gasteiger partial charge on any atom is -0.238 e. The van der Waals surface area contributed by atoms with Gasteiger partial charge in [0.05, 0.1) is 17.7 Å². The Morgan fingerprint density at radius 3 is 1.55 bits per heavy atom. The summed E-state index contributed by atoms with van der Waals surface area (Å²) < 4.78 is 58.3. The highest BCUT2D eigenvalue weighted by atomic mass is 19.1. The zero-order valence-corrected chi connectivity index (χ0v) is 21.1. The molecule has 0 atom stereocenters. The summed E-state index contributed by atoms with van der Waals surface area (Å²) in [6, 6.07) is 10.7. The Morgan fingerprint density at radius 2 is 1.12 bits per heavy atom. The smallest absolute Gasteiger partial charge is 0.238 e. The van der Waals surface area contributed by atoms with Crippen LogP contribution < -0.4 is 10.4 Å². The highest BCUT2D eigenvalue weighted by molar-refractivity contribution is 5.95. The zero-order chi connectivity index (χ0) is 30.3. The van der Waals surface area contributed by atoms with Gasteiger partial charge in [-0.1, -0.05) is 0 Å². The minimum atomic E-state index is -0.961. The Bertz CT molecular complexity index is 2020. The van der Waals surface area contributed by atoms with Crippen LogP contribution in [0.4, 0.5) is 17.6 Å². The second-order valence-electron chi connectivity index (χ2n) is 9.18. The first-order valence-corrected chi connectivity index (χ1v) is 11.9. The predicted octanol–water partition coefficient (Wildman–Crippen LogP) is 5.78. The number of nitriles is 3. The van der Waals surface area contributed by atoms with E-state index in [1.54, 1.807) is 12.1 Å². The molecular formula is C32H10F4N6. The molecule has 0 radical (unpaired) electrons. The van der Waals surface area contributed by atoms with Gasteiger partial charge < -0.3 is 0 Å². The van der Waals surface area contributed by atoms with Crippen molar-refractivity contribution in [3.63, 3.8) is 0 Å². The molecule has 0 amide bonds. The molecule has 0 unspecified atom stereocenters. The van der Waals surface area contributed by atoms with Crippen LogP contribution in [-0.2, 0) is 12.8 Å². The molecule has 0 bridgehead atoms. The first-order chi connectivity index (χ1) is 20.2. The molecule has 3 aromatic carbocycles. The standard InChI is InChI=1S/C32H10F4N6/c1-40-31-25(32(41-2)42-3)11-24-27(15-4-18(33)8-19(34)5-15)29-23(10-22(26(29)14-39)17(12-37)13-38)28(30(24)31)16-6-20(35)9-21(36)7-16/h4-9H,10-11H2. The molecule has 0 aromatic heterocycles. The third-order valence-corrected chi connectivity index (χ3v) is 7.02. The molecule has 0 saturated heterocycles. The van der Waals surface area contributed by atoms with Gasteiger partial charge in [0.25, 0.3) is 0 Å². The summed E-state index contributed by atoms with van der Waals surface area (Å²) in [4.78, 5) is 10.0. The maximum atomic E-state index is 14.6. The third kappa shape index (κ3) is 4.06. The highest BCUT2D eigenvalue weighted by Crippen LogP contribution is 2.40. The van der Waals surface area contributed by atoms with Gasteiger partial charge in [0.1, 0.15) is 60.2 Å². The van der Waals surface area contributed by atoms with E-state index < -0.39 is 34.7 Å². The SMILES string of the molecule is [C-]#[N+]C([N+]#[C-])=C1Cc2c(-c3cc(F)cc(F)c3)c3c(c(-c4cc(F)cc(F)c4)c2=C1[N+]#[C-])CC(=C(C#N)C#N)C=3C#N. The first kappa shape index (κ1) is 27.1. The van der Waals surface area contributed by atoms with Crippen LogP contribution in [0.3, 0.4) is 0 Å². The molecular weight excluding hydrogens is 544 g/mol. The van der Waals surface area contributed by atoms with Gasteiger partial charge in [0.15, 0.2) is 5.70 Å². The average Bonchev–Trinajstić information content (AvgIpc) is 3.50. The second kappa shape index (κ2) is 10.3. The lowest BCUT2D eigenvalue weighted by molar-refractivity contribution is 0.583. The zero-order valence-electron chi connectivity index (χ0n) is 21.1. The van der Waals surface area contributed by atoms with Crippen molar-refractivity contribution in [2.75, 3.05) is 0 Å².